The van der Waals surface area contributed by atoms with Crippen LogP contribution in [-0.4, -0.2) is 44.4 Å². The Morgan fingerprint density at radius 2 is 2.04 bits per heavy atom. The first-order chi connectivity index (χ1) is 13.0. The van der Waals surface area contributed by atoms with Gasteiger partial charge in [-0.3, -0.25) is 0 Å². The fraction of sp³-hybridized carbons (Fsp3) is 0.450. The lowest BCUT2D eigenvalue weighted by Gasteiger charge is -2.20. The molecule has 0 aliphatic heterocycles. The van der Waals surface area contributed by atoms with E-state index in [4.69, 9.17) is 9.47 Å². The highest BCUT2D eigenvalue weighted by Crippen LogP contribution is 2.25. The van der Waals surface area contributed by atoms with Crippen LogP contribution in [0.3, 0.4) is 0 Å². The first-order valence-electron chi connectivity index (χ1n) is 9.10. The van der Waals surface area contributed by atoms with Crippen LogP contribution in [0.2, 0.25) is 0 Å². The third-order valence-corrected chi connectivity index (χ3v) is 4.99. The molecule has 2 aromatic rings. The molecule has 0 amide bonds. The molecule has 1 aromatic heterocycles. The standard InChI is InChI=1S/C20H29N3O3S/c1-4-21-19(23-15-20(2,24)18-10-6-13-27-18)22-11-7-12-26-17-9-5-8-16(14-17)25-3/h5-6,8-10,13-14,24H,4,7,11-12,15H2,1-3H3,(H2,21,22,23). The highest BCUT2D eigenvalue weighted by Gasteiger charge is 2.23. The molecule has 148 valence electrons. The van der Waals surface area contributed by atoms with Gasteiger partial charge in [-0.05, 0) is 43.8 Å². The molecule has 0 saturated heterocycles. The number of hydrogen-bond acceptors (Lipinski definition) is 5. The van der Waals surface area contributed by atoms with Gasteiger partial charge in [-0.2, -0.15) is 0 Å². The Bertz CT molecular complexity index is 702. The van der Waals surface area contributed by atoms with E-state index in [1.54, 1.807) is 14.0 Å². The van der Waals surface area contributed by atoms with E-state index in [2.05, 4.69) is 15.6 Å². The molecule has 7 heteroatoms. The summed E-state index contributed by atoms with van der Waals surface area (Å²) in [4.78, 5) is 5.42. The van der Waals surface area contributed by atoms with Gasteiger partial charge < -0.3 is 25.2 Å². The summed E-state index contributed by atoms with van der Waals surface area (Å²) in [5, 5.41) is 19.0. The Balaban J connectivity index is 1.76. The van der Waals surface area contributed by atoms with E-state index in [0.29, 0.717) is 19.1 Å². The Labute approximate surface area is 165 Å². The predicted molar refractivity (Wildman–Crippen MR) is 111 cm³/mol. The summed E-state index contributed by atoms with van der Waals surface area (Å²) in [5.74, 6) is 2.27. The van der Waals surface area contributed by atoms with Crippen molar-refractivity contribution < 1.29 is 14.6 Å². The lowest BCUT2D eigenvalue weighted by Crippen LogP contribution is -2.39. The number of nitrogens with zero attached hydrogens (tertiary/aromatic N) is 1. The van der Waals surface area contributed by atoms with Crippen molar-refractivity contribution in [1.29, 1.82) is 0 Å². The minimum atomic E-state index is -0.966. The monoisotopic (exact) mass is 391 g/mol. The summed E-state index contributed by atoms with van der Waals surface area (Å²) in [7, 11) is 1.64. The third kappa shape index (κ3) is 7.11. The molecule has 2 rings (SSSR count). The highest BCUT2D eigenvalue weighted by atomic mass is 32.1. The van der Waals surface area contributed by atoms with Crippen molar-refractivity contribution in [3.63, 3.8) is 0 Å². The maximum absolute atomic E-state index is 10.6. The van der Waals surface area contributed by atoms with Crippen molar-refractivity contribution in [3.8, 4) is 11.5 Å². The quantitative estimate of drug-likeness (QED) is 0.330. The second kappa shape index (κ2) is 10.8. The zero-order valence-corrected chi connectivity index (χ0v) is 17.0. The molecule has 1 atom stereocenters. The van der Waals surface area contributed by atoms with Crippen LogP contribution < -0.4 is 20.1 Å². The van der Waals surface area contributed by atoms with Crippen molar-refractivity contribution in [2.45, 2.75) is 25.9 Å². The molecular formula is C20H29N3O3S. The number of thiophene rings is 1. The molecule has 0 fully saturated rings. The zero-order chi connectivity index (χ0) is 19.5. The van der Waals surface area contributed by atoms with Crippen LogP contribution >= 0.6 is 11.3 Å². The Morgan fingerprint density at radius 3 is 2.74 bits per heavy atom. The van der Waals surface area contributed by atoms with Crippen LogP contribution in [0.5, 0.6) is 11.5 Å². The molecule has 0 radical (unpaired) electrons. The van der Waals surface area contributed by atoms with Crippen LogP contribution in [0, 0.1) is 0 Å². The zero-order valence-electron chi connectivity index (χ0n) is 16.2. The fourth-order valence-corrected chi connectivity index (χ4v) is 3.18. The summed E-state index contributed by atoms with van der Waals surface area (Å²) in [6.07, 6.45) is 0.822. The van der Waals surface area contributed by atoms with E-state index in [9.17, 15) is 5.11 Å². The molecule has 0 aliphatic rings. The highest BCUT2D eigenvalue weighted by molar-refractivity contribution is 7.10. The van der Waals surface area contributed by atoms with Crippen molar-refractivity contribution >= 4 is 17.3 Å². The number of methoxy groups -OCH3 is 1. The van der Waals surface area contributed by atoms with Gasteiger partial charge in [-0.1, -0.05) is 12.1 Å². The molecule has 1 unspecified atom stereocenters. The summed E-state index contributed by atoms with van der Waals surface area (Å²) in [5.41, 5.74) is -0.966. The van der Waals surface area contributed by atoms with E-state index in [0.717, 1.165) is 35.9 Å². The van der Waals surface area contributed by atoms with Crippen molar-refractivity contribution in [2.75, 3.05) is 33.4 Å². The smallest absolute Gasteiger partial charge is 0.191 e. The SMILES string of the molecule is CCNC(=NCC(C)(O)c1cccs1)NCCCOc1cccc(OC)c1. The first kappa shape index (κ1) is 21.1. The fourth-order valence-electron chi connectivity index (χ4n) is 2.40. The van der Waals surface area contributed by atoms with Crippen LogP contribution in [0.4, 0.5) is 0 Å². The van der Waals surface area contributed by atoms with Gasteiger partial charge >= 0.3 is 0 Å². The van der Waals surface area contributed by atoms with E-state index >= 15 is 0 Å². The van der Waals surface area contributed by atoms with Gasteiger partial charge in [0.25, 0.3) is 0 Å². The molecule has 3 N–H and O–H groups in total. The molecule has 6 nitrogen and oxygen atoms in total. The lowest BCUT2D eigenvalue weighted by molar-refractivity contribution is 0.0711. The van der Waals surface area contributed by atoms with E-state index < -0.39 is 5.60 Å². The van der Waals surface area contributed by atoms with Crippen LogP contribution in [0.25, 0.3) is 0 Å². The van der Waals surface area contributed by atoms with Crippen molar-refractivity contribution in [1.82, 2.24) is 10.6 Å². The van der Waals surface area contributed by atoms with E-state index in [1.807, 2.05) is 48.7 Å². The van der Waals surface area contributed by atoms with Gasteiger partial charge in [0.15, 0.2) is 5.96 Å². The van der Waals surface area contributed by atoms with Crippen LogP contribution in [0.1, 0.15) is 25.1 Å². The minimum absolute atomic E-state index is 0.295. The third-order valence-electron chi connectivity index (χ3n) is 3.86. The van der Waals surface area contributed by atoms with E-state index in [1.165, 1.54) is 11.3 Å². The number of aliphatic hydroxyl groups is 1. The second-order valence-corrected chi connectivity index (χ2v) is 7.20. The van der Waals surface area contributed by atoms with Gasteiger partial charge in [0.1, 0.15) is 17.1 Å². The van der Waals surface area contributed by atoms with Crippen LogP contribution in [-0.2, 0) is 5.60 Å². The summed E-state index contributed by atoms with van der Waals surface area (Å²) in [6, 6.07) is 11.4. The van der Waals surface area contributed by atoms with Crippen molar-refractivity contribution in [3.05, 3.63) is 46.7 Å². The predicted octanol–water partition coefficient (Wildman–Crippen LogP) is 2.99. The molecular weight excluding hydrogens is 362 g/mol. The molecule has 0 bridgehead atoms. The van der Waals surface area contributed by atoms with Gasteiger partial charge in [0.2, 0.25) is 0 Å². The number of guanidine groups is 1. The normalized spacial score (nSPS) is 13.7. The molecule has 1 aromatic carbocycles. The van der Waals surface area contributed by atoms with Gasteiger partial charge in [0, 0.05) is 24.0 Å². The number of ether oxygens (including phenoxy) is 2. The number of hydrogen-bond donors (Lipinski definition) is 3. The Kier molecular flexibility index (Phi) is 8.42. The maximum Gasteiger partial charge on any atom is 0.191 e. The largest absolute Gasteiger partial charge is 0.497 e. The molecule has 27 heavy (non-hydrogen) atoms. The molecule has 0 spiro atoms. The topological polar surface area (TPSA) is 75.1 Å². The van der Waals surface area contributed by atoms with Crippen molar-refractivity contribution in [2.24, 2.45) is 4.99 Å². The average Bonchev–Trinajstić information content (AvgIpc) is 3.22. The number of rotatable bonds is 10. The van der Waals surface area contributed by atoms with E-state index in [-0.39, 0.29) is 0 Å². The average molecular weight is 392 g/mol. The van der Waals surface area contributed by atoms with Gasteiger partial charge in [-0.25, -0.2) is 4.99 Å². The minimum Gasteiger partial charge on any atom is -0.497 e. The summed E-state index contributed by atoms with van der Waals surface area (Å²) in [6.45, 7) is 6.16. The summed E-state index contributed by atoms with van der Waals surface area (Å²) >= 11 is 1.53. The molecule has 0 saturated carbocycles. The van der Waals surface area contributed by atoms with Gasteiger partial charge in [-0.15, -0.1) is 11.3 Å². The number of nitrogens with one attached hydrogen (secondary N) is 2. The Hall–Kier alpha value is -2.25. The Morgan fingerprint density at radius 1 is 1.22 bits per heavy atom. The summed E-state index contributed by atoms with van der Waals surface area (Å²) < 4.78 is 10.9. The number of aliphatic imine (C=N–C) groups is 1. The molecule has 0 aliphatic carbocycles. The molecule has 1 heterocycles. The lowest BCUT2D eigenvalue weighted by atomic mass is 10.1. The maximum atomic E-state index is 10.6. The second-order valence-electron chi connectivity index (χ2n) is 6.25. The van der Waals surface area contributed by atoms with Crippen LogP contribution in [0.15, 0.2) is 46.8 Å². The van der Waals surface area contributed by atoms with Gasteiger partial charge in [0.05, 0.1) is 20.3 Å². The first-order valence-corrected chi connectivity index (χ1v) is 9.98. The number of benzene rings is 1.